The Bertz CT molecular complexity index is 1320. The molecule has 1 aliphatic heterocycles. The Kier molecular flexibility index (Phi) is 4.38. The molecular weight excluding hydrogens is 457 g/mol. The SMILES string of the molecule is [I-].c1ccc2c(c1)ccc1c[n+]3c4ccc(N5CCCCC5)cc4ccc3n12. The third-order valence-corrected chi connectivity index (χ3v) is 6.01. The number of piperidine rings is 1. The molecule has 1 fully saturated rings. The fourth-order valence-corrected chi connectivity index (χ4v) is 4.64. The van der Waals surface area contributed by atoms with Crippen LogP contribution >= 0.6 is 0 Å². The topological polar surface area (TPSA) is 11.8 Å². The molecule has 0 radical (unpaired) electrons. The van der Waals surface area contributed by atoms with Crippen LogP contribution in [0.4, 0.5) is 5.69 Å². The summed E-state index contributed by atoms with van der Waals surface area (Å²) in [7, 11) is 0. The monoisotopic (exact) mass is 479 g/mol. The fourth-order valence-electron chi connectivity index (χ4n) is 4.64. The molecule has 2 aromatic carbocycles. The van der Waals surface area contributed by atoms with Gasteiger partial charge in [0.1, 0.15) is 17.2 Å². The van der Waals surface area contributed by atoms with Crippen molar-refractivity contribution in [3.63, 3.8) is 0 Å². The predicted octanol–water partition coefficient (Wildman–Crippen LogP) is 1.98. The van der Waals surface area contributed by atoms with Gasteiger partial charge in [-0.2, -0.15) is 8.80 Å². The highest BCUT2D eigenvalue weighted by atomic mass is 127. The number of imidazole rings is 1. The van der Waals surface area contributed by atoms with Gasteiger partial charge in [-0.25, -0.2) is 0 Å². The van der Waals surface area contributed by atoms with E-state index < -0.39 is 0 Å². The van der Waals surface area contributed by atoms with Gasteiger partial charge in [0, 0.05) is 35.6 Å². The van der Waals surface area contributed by atoms with Gasteiger partial charge in [0.05, 0.1) is 0 Å². The lowest BCUT2D eigenvalue weighted by atomic mass is 10.1. The quantitative estimate of drug-likeness (QED) is 0.265. The fraction of sp³-hybridized carbons (Fsp3) is 0.208. The van der Waals surface area contributed by atoms with E-state index in [2.05, 4.69) is 86.6 Å². The lowest BCUT2D eigenvalue weighted by molar-refractivity contribution is -0.479. The van der Waals surface area contributed by atoms with Gasteiger partial charge in [-0.05, 0) is 61.7 Å². The highest BCUT2D eigenvalue weighted by Crippen LogP contribution is 2.25. The smallest absolute Gasteiger partial charge is 0.292 e. The average molecular weight is 479 g/mol. The van der Waals surface area contributed by atoms with Crippen molar-refractivity contribution in [2.45, 2.75) is 19.3 Å². The maximum absolute atomic E-state index is 2.53. The van der Waals surface area contributed by atoms with E-state index in [0.717, 1.165) is 0 Å². The Labute approximate surface area is 181 Å². The highest BCUT2D eigenvalue weighted by Gasteiger charge is 2.18. The summed E-state index contributed by atoms with van der Waals surface area (Å²) in [5, 5.41) is 2.57. The third kappa shape index (κ3) is 2.65. The van der Waals surface area contributed by atoms with E-state index in [-0.39, 0.29) is 24.0 Å². The number of fused-ring (bicyclic) bond motifs is 7. The number of halogens is 1. The molecule has 4 heteroatoms. The van der Waals surface area contributed by atoms with Gasteiger partial charge in [-0.3, -0.25) is 0 Å². The Morgan fingerprint density at radius 2 is 1.57 bits per heavy atom. The number of hydrogen-bond acceptors (Lipinski definition) is 1. The van der Waals surface area contributed by atoms with Crippen molar-refractivity contribution in [3.8, 4) is 0 Å². The van der Waals surface area contributed by atoms with Gasteiger partial charge in [0.25, 0.3) is 5.65 Å². The predicted molar refractivity (Wildman–Crippen MR) is 112 cm³/mol. The third-order valence-electron chi connectivity index (χ3n) is 6.01. The van der Waals surface area contributed by atoms with Crippen LogP contribution in [0.5, 0.6) is 0 Å². The molecule has 140 valence electrons. The van der Waals surface area contributed by atoms with Crippen molar-refractivity contribution >= 4 is 38.7 Å². The molecule has 6 rings (SSSR count). The molecule has 1 saturated heterocycles. The molecule has 1 aliphatic rings. The molecule has 0 spiro atoms. The van der Waals surface area contributed by atoms with Crippen molar-refractivity contribution in [2.75, 3.05) is 18.0 Å². The summed E-state index contributed by atoms with van der Waals surface area (Å²) in [6.45, 7) is 2.37. The van der Waals surface area contributed by atoms with Crippen LogP contribution in [0.3, 0.4) is 0 Å². The number of para-hydroxylation sites is 1. The second-order valence-corrected chi connectivity index (χ2v) is 7.63. The van der Waals surface area contributed by atoms with Crippen molar-refractivity contribution in [3.05, 3.63) is 72.9 Å². The van der Waals surface area contributed by atoms with Crippen molar-refractivity contribution in [1.82, 2.24) is 4.40 Å². The molecular formula is C24H22IN3. The summed E-state index contributed by atoms with van der Waals surface area (Å²) in [6.07, 6.45) is 6.24. The van der Waals surface area contributed by atoms with Gasteiger partial charge in [0.15, 0.2) is 5.52 Å². The molecule has 3 aromatic heterocycles. The first-order valence-electron chi connectivity index (χ1n) is 9.91. The van der Waals surface area contributed by atoms with Crippen molar-refractivity contribution < 1.29 is 28.4 Å². The van der Waals surface area contributed by atoms with Gasteiger partial charge < -0.3 is 28.9 Å². The molecule has 5 aromatic rings. The van der Waals surface area contributed by atoms with Gasteiger partial charge in [0.2, 0.25) is 0 Å². The van der Waals surface area contributed by atoms with Crippen LogP contribution in [-0.2, 0) is 0 Å². The van der Waals surface area contributed by atoms with Crippen LogP contribution in [0.1, 0.15) is 19.3 Å². The van der Waals surface area contributed by atoms with Crippen LogP contribution in [0, 0.1) is 0 Å². The van der Waals surface area contributed by atoms with E-state index in [1.165, 1.54) is 71.0 Å². The standard InChI is InChI=1S/C24H22N3.HI/c1-4-14-25(15-5-1)20-11-12-22-19(16-20)9-13-24-26(22)17-21-10-8-18-6-2-3-7-23(18)27(21)24;/h2-3,6-13,16-17H,1,4-5,14-15H2;1H/q+1;/p-1. The lowest BCUT2D eigenvalue weighted by Crippen LogP contribution is -3.00. The van der Waals surface area contributed by atoms with Crippen LogP contribution < -0.4 is 33.3 Å². The minimum Gasteiger partial charge on any atom is -1.00 e. The maximum Gasteiger partial charge on any atom is 0.292 e. The van der Waals surface area contributed by atoms with Crippen LogP contribution in [0.25, 0.3) is 33.0 Å². The first-order valence-corrected chi connectivity index (χ1v) is 9.91. The summed E-state index contributed by atoms with van der Waals surface area (Å²) in [5.41, 5.74) is 6.31. The molecule has 0 aliphatic carbocycles. The number of nitrogens with zero attached hydrogens (tertiary/aromatic N) is 3. The number of aromatic nitrogens is 2. The minimum absolute atomic E-state index is 0. The molecule has 3 nitrogen and oxygen atoms in total. The first-order chi connectivity index (χ1) is 13.4. The zero-order chi connectivity index (χ0) is 17.8. The molecule has 0 amide bonds. The Balaban J connectivity index is 0.00000171. The summed E-state index contributed by atoms with van der Waals surface area (Å²) < 4.78 is 4.68. The first kappa shape index (κ1) is 17.7. The maximum atomic E-state index is 2.53. The van der Waals surface area contributed by atoms with Crippen LogP contribution in [0.15, 0.2) is 72.9 Å². The number of rotatable bonds is 1. The van der Waals surface area contributed by atoms with Crippen LogP contribution in [-0.4, -0.2) is 17.5 Å². The van der Waals surface area contributed by atoms with Gasteiger partial charge in [-0.1, -0.05) is 18.2 Å². The minimum atomic E-state index is 0. The Hall–Kier alpha value is -2.34. The molecule has 0 atom stereocenters. The molecule has 0 N–H and O–H groups in total. The Morgan fingerprint density at radius 3 is 2.46 bits per heavy atom. The number of pyridine rings is 2. The van der Waals surface area contributed by atoms with E-state index >= 15 is 0 Å². The van der Waals surface area contributed by atoms with E-state index in [9.17, 15) is 0 Å². The highest BCUT2D eigenvalue weighted by molar-refractivity contribution is 5.86. The summed E-state index contributed by atoms with van der Waals surface area (Å²) in [5.74, 6) is 0. The molecule has 0 bridgehead atoms. The molecule has 4 heterocycles. The average Bonchev–Trinajstić information content (AvgIpc) is 3.13. The van der Waals surface area contributed by atoms with E-state index in [1.807, 2.05) is 0 Å². The Morgan fingerprint density at radius 1 is 0.750 bits per heavy atom. The van der Waals surface area contributed by atoms with E-state index in [4.69, 9.17) is 0 Å². The summed E-state index contributed by atoms with van der Waals surface area (Å²) in [4.78, 5) is 2.53. The van der Waals surface area contributed by atoms with E-state index in [0.29, 0.717) is 0 Å². The number of benzene rings is 2. The molecule has 28 heavy (non-hydrogen) atoms. The number of hydrogen-bond donors (Lipinski definition) is 0. The van der Waals surface area contributed by atoms with Crippen molar-refractivity contribution in [1.29, 1.82) is 0 Å². The van der Waals surface area contributed by atoms with Gasteiger partial charge in [-0.15, -0.1) is 0 Å². The summed E-state index contributed by atoms with van der Waals surface area (Å²) in [6, 6.07) is 24.5. The molecule has 0 unspecified atom stereocenters. The lowest BCUT2D eigenvalue weighted by Gasteiger charge is -2.28. The van der Waals surface area contributed by atoms with Crippen LogP contribution in [0.2, 0.25) is 0 Å². The van der Waals surface area contributed by atoms with Crippen molar-refractivity contribution in [2.24, 2.45) is 0 Å². The second-order valence-electron chi connectivity index (χ2n) is 7.63. The number of anilines is 1. The largest absolute Gasteiger partial charge is 1.00 e. The van der Waals surface area contributed by atoms with E-state index in [1.54, 1.807) is 0 Å². The zero-order valence-corrected chi connectivity index (χ0v) is 17.8. The zero-order valence-electron chi connectivity index (χ0n) is 15.7. The van der Waals surface area contributed by atoms with Gasteiger partial charge >= 0.3 is 0 Å². The molecule has 0 saturated carbocycles. The normalized spacial score (nSPS) is 14.8. The second kappa shape index (κ2) is 6.92. The summed E-state index contributed by atoms with van der Waals surface area (Å²) >= 11 is 0.